The van der Waals surface area contributed by atoms with Gasteiger partial charge in [-0.15, -0.1) is 0 Å². The number of carbonyl (C=O) groups is 3. The second-order valence-electron chi connectivity index (χ2n) is 3.60. The number of ether oxygens (including phenoxy) is 3. The lowest BCUT2D eigenvalue weighted by Gasteiger charge is -1.97. The van der Waals surface area contributed by atoms with Crippen molar-refractivity contribution in [3.8, 4) is 0 Å². The molecule has 0 amide bonds. The van der Waals surface area contributed by atoms with Crippen LogP contribution in [0.15, 0.2) is 38.2 Å². The molecule has 0 heterocycles. The number of esters is 3. The predicted molar refractivity (Wildman–Crippen MR) is 86.3 cm³/mol. The largest absolute Gasteiger partial charge is 0.463 e. The summed E-state index contributed by atoms with van der Waals surface area (Å²) in [5.74, 6) is -1.16. The summed E-state index contributed by atoms with van der Waals surface area (Å²) in [5.41, 5.74) is 0. The van der Waals surface area contributed by atoms with Crippen molar-refractivity contribution < 1.29 is 33.7 Å². The molecule has 132 valence electrons. The van der Waals surface area contributed by atoms with Crippen LogP contribution in [0.25, 0.3) is 0 Å². The molecule has 0 aliphatic rings. The average molecular weight is 330 g/mol. The molecule has 0 saturated carbocycles. The highest BCUT2D eigenvalue weighted by Gasteiger charge is 1.91. The van der Waals surface area contributed by atoms with Crippen LogP contribution in [0, 0.1) is 0 Å². The summed E-state index contributed by atoms with van der Waals surface area (Å²) in [5, 5.41) is 8.10. The van der Waals surface area contributed by atoms with Crippen LogP contribution >= 0.6 is 0 Å². The number of hydrogen-bond donors (Lipinski definition) is 1. The van der Waals surface area contributed by atoms with Crippen molar-refractivity contribution >= 4 is 17.9 Å². The van der Waals surface area contributed by atoms with Crippen molar-refractivity contribution in [2.45, 2.75) is 26.7 Å². The van der Waals surface area contributed by atoms with Gasteiger partial charge in [0.2, 0.25) is 0 Å². The van der Waals surface area contributed by atoms with Crippen molar-refractivity contribution in [3.05, 3.63) is 38.2 Å². The molecule has 0 aromatic carbocycles. The molecule has 1 N–H and O–H groups in total. The second kappa shape index (κ2) is 21.9. The summed E-state index contributed by atoms with van der Waals surface area (Å²) in [6.07, 6.45) is 5.30. The molecule has 0 spiro atoms. The first kappa shape index (κ1) is 25.5. The van der Waals surface area contributed by atoms with Crippen molar-refractivity contribution in [1.29, 1.82) is 0 Å². The zero-order chi connectivity index (χ0) is 18.5. The van der Waals surface area contributed by atoms with Gasteiger partial charge < -0.3 is 19.3 Å². The Labute approximate surface area is 137 Å². The number of aliphatic hydroxyl groups is 1. The number of rotatable bonds is 8. The molecule has 0 atom stereocenters. The molecule has 0 aliphatic carbocycles. The van der Waals surface area contributed by atoms with E-state index in [9.17, 15) is 14.4 Å². The Hall–Kier alpha value is -2.41. The highest BCUT2D eigenvalue weighted by molar-refractivity contribution is 5.81. The Balaban J connectivity index is -0.000000266. The van der Waals surface area contributed by atoms with Crippen LogP contribution in [0.5, 0.6) is 0 Å². The first-order valence-corrected chi connectivity index (χ1v) is 6.86. The average Bonchev–Trinajstić information content (AvgIpc) is 2.53. The van der Waals surface area contributed by atoms with Crippen LogP contribution in [0.3, 0.4) is 0 Å². The van der Waals surface area contributed by atoms with E-state index in [0.29, 0.717) is 6.61 Å². The maximum atomic E-state index is 10.3. The Morgan fingerprint density at radius 1 is 1.00 bits per heavy atom. The lowest BCUT2D eigenvalue weighted by Crippen LogP contribution is -2.04. The zero-order valence-electron chi connectivity index (χ0n) is 13.8. The molecule has 7 heteroatoms. The summed E-state index contributed by atoms with van der Waals surface area (Å²) in [6, 6.07) is 0. The predicted octanol–water partition coefficient (Wildman–Crippen LogP) is 1.92. The maximum absolute atomic E-state index is 10.3. The lowest BCUT2D eigenvalue weighted by atomic mass is 10.4. The summed E-state index contributed by atoms with van der Waals surface area (Å²) in [7, 11) is 0. The highest BCUT2D eigenvalue weighted by atomic mass is 16.5. The molecule has 0 aliphatic heterocycles. The van der Waals surface area contributed by atoms with Crippen molar-refractivity contribution in [2.75, 3.05) is 19.8 Å². The van der Waals surface area contributed by atoms with Gasteiger partial charge in [0.15, 0.2) is 0 Å². The van der Waals surface area contributed by atoms with Crippen molar-refractivity contribution in [2.24, 2.45) is 0 Å². The SMILES string of the molecule is C=CC(=O)OCCCC.C=CC(=O)OCCO.C=COC(C)=O. The smallest absolute Gasteiger partial charge is 0.330 e. The summed E-state index contributed by atoms with van der Waals surface area (Å²) in [4.78, 5) is 30.2. The first-order chi connectivity index (χ1) is 10.9. The maximum Gasteiger partial charge on any atom is 0.330 e. The fraction of sp³-hybridized carbons (Fsp3) is 0.438. The van der Waals surface area contributed by atoms with Gasteiger partial charge in [-0.25, -0.2) is 9.59 Å². The minimum Gasteiger partial charge on any atom is -0.463 e. The molecule has 0 rings (SSSR count). The first-order valence-electron chi connectivity index (χ1n) is 6.86. The molecule has 0 unspecified atom stereocenters. The minimum atomic E-state index is -0.501. The quantitative estimate of drug-likeness (QED) is 0.239. The van der Waals surface area contributed by atoms with Gasteiger partial charge in [-0.2, -0.15) is 0 Å². The summed E-state index contributed by atoms with van der Waals surface area (Å²) < 4.78 is 13.2. The lowest BCUT2D eigenvalue weighted by molar-refractivity contribution is -0.139. The second-order valence-corrected chi connectivity index (χ2v) is 3.60. The Morgan fingerprint density at radius 2 is 1.48 bits per heavy atom. The molecule has 0 radical (unpaired) electrons. The normalized spacial score (nSPS) is 7.96. The number of aliphatic hydroxyl groups excluding tert-OH is 1. The molecule has 0 bridgehead atoms. The van der Waals surface area contributed by atoms with Gasteiger partial charge in [0.25, 0.3) is 0 Å². The van der Waals surface area contributed by atoms with Gasteiger partial charge in [0.05, 0.1) is 19.5 Å². The van der Waals surface area contributed by atoms with Gasteiger partial charge in [-0.3, -0.25) is 4.79 Å². The van der Waals surface area contributed by atoms with Crippen LogP contribution < -0.4 is 0 Å². The monoisotopic (exact) mass is 330 g/mol. The van der Waals surface area contributed by atoms with Gasteiger partial charge in [0, 0.05) is 19.1 Å². The molecule has 23 heavy (non-hydrogen) atoms. The Bertz CT molecular complexity index is 361. The molecular weight excluding hydrogens is 304 g/mol. The van der Waals surface area contributed by atoms with Crippen LogP contribution in [0.1, 0.15) is 26.7 Å². The molecule has 0 aromatic heterocycles. The van der Waals surface area contributed by atoms with Gasteiger partial charge in [-0.05, 0) is 6.42 Å². The van der Waals surface area contributed by atoms with Crippen LogP contribution in [0.4, 0.5) is 0 Å². The minimum absolute atomic E-state index is 0.0465. The van der Waals surface area contributed by atoms with Crippen LogP contribution in [-0.4, -0.2) is 42.8 Å². The number of unbranched alkanes of at least 4 members (excludes halogenated alkanes) is 1. The van der Waals surface area contributed by atoms with E-state index in [-0.39, 0.29) is 25.2 Å². The zero-order valence-corrected chi connectivity index (χ0v) is 13.8. The van der Waals surface area contributed by atoms with E-state index in [1.807, 2.05) is 6.92 Å². The van der Waals surface area contributed by atoms with E-state index in [4.69, 9.17) is 5.11 Å². The van der Waals surface area contributed by atoms with Gasteiger partial charge >= 0.3 is 17.9 Å². The van der Waals surface area contributed by atoms with Crippen molar-refractivity contribution in [3.63, 3.8) is 0 Å². The molecule has 0 aromatic rings. The van der Waals surface area contributed by atoms with E-state index in [0.717, 1.165) is 25.2 Å². The molecule has 0 fully saturated rings. The fourth-order valence-corrected chi connectivity index (χ4v) is 0.699. The van der Waals surface area contributed by atoms with Gasteiger partial charge in [0.1, 0.15) is 6.61 Å². The van der Waals surface area contributed by atoms with Crippen LogP contribution in [-0.2, 0) is 28.6 Å². The Morgan fingerprint density at radius 3 is 1.74 bits per heavy atom. The van der Waals surface area contributed by atoms with Crippen LogP contribution in [0.2, 0.25) is 0 Å². The molecule has 0 saturated heterocycles. The van der Waals surface area contributed by atoms with E-state index in [1.165, 1.54) is 13.0 Å². The standard InChI is InChI=1S/C7H12O2.C5H8O3.C4H6O2/c1-3-5-6-9-7(8)4-2;1-2-5(7)8-4-3-6;1-3-6-4(2)5/h4H,2-3,5-6H2,1H3;2,6H,1,3-4H2;3H,1H2,2H3. The topological polar surface area (TPSA) is 99.1 Å². The summed E-state index contributed by atoms with van der Waals surface area (Å²) in [6.45, 7) is 13.4. The Kier molecular flexibility index (Phi) is 24.3. The summed E-state index contributed by atoms with van der Waals surface area (Å²) >= 11 is 0. The third-order valence-corrected chi connectivity index (χ3v) is 1.66. The number of carbonyl (C=O) groups excluding carboxylic acids is 3. The molecule has 7 nitrogen and oxygen atoms in total. The molecular formula is C16H26O7. The number of hydrogen-bond acceptors (Lipinski definition) is 7. The van der Waals surface area contributed by atoms with Gasteiger partial charge in [-0.1, -0.05) is 33.1 Å². The highest BCUT2D eigenvalue weighted by Crippen LogP contribution is 1.88. The van der Waals surface area contributed by atoms with E-state index in [1.54, 1.807) is 0 Å². The van der Waals surface area contributed by atoms with Crippen molar-refractivity contribution in [1.82, 2.24) is 0 Å². The van der Waals surface area contributed by atoms with E-state index >= 15 is 0 Å². The van der Waals surface area contributed by atoms with E-state index in [2.05, 4.69) is 33.9 Å². The van der Waals surface area contributed by atoms with E-state index < -0.39 is 5.97 Å². The fourth-order valence-electron chi connectivity index (χ4n) is 0.699. The third-order valence-electron chi connectivity index (χ3n) is 1.66. The third kappa shape index (κ3) is 32.8.